The molecule has 1 fully saturated rings. The number of pyridine rings is 1. The number of thiophene rings is 1. The second-order valence-corrected chi connectivity index (χ2v) is 8.71. The number of thiazole rings is 1. The summed E-state index contributed by atoms with van der Waals surface area (Å²) in [5.74, 6) is -0.0113. The molecule has 29 heavy (non-hydrogen) atoms. The van der Waals surface area contributed by atoms with Crippen LogP contribution in [0.2, 0.25) is 0 Å². The lowest BCUT2D eigenvalue weighted by Crippen LogP contribution is -2.39. The molecule has 0 saturated carbocycles. The van der Waals surface area contributed by atoms with E-state index < -0.39 is 0 Å². The monoisotopic (exact) mass is 428 g/mol. The maximum Gasteiger partial charge on any atom is 0.273 e. The summed E-state index contributed by atoms with van der Waals surface area (Å²) in [6, 6.07) is 7.96. The summed E-state index contributed by atoms with van der Waals surface area (Å²) in [6.07, 6.45) is 4.46. The molecule has 0 aliphatic carbocycles. The van der Waals surface area contributed by atoms with Gasteiger partial charge in [0.1, 0.15) is 10.7 Å². The Hall–Kier alpha value is -2.13. The summed E-state index contributed by atoms with van der Waals surface area (Å²) in [4.78, 5) is 27.3. The minimum absolute atomic E-state index is 0.0113. The lowest BCUT2D eigenvalue weighted by Gasteiger charge is -2.28. The second-order valence-electron chi connectivity index (χ2n) is 6.90. The van der Waals surface area contributed by atoms with Crippen LogP contribution in [0.4, 0.5) is 0 Å². The van der Waals surface area contributed by atoms with E-state index in [4.69, 9.17) is 4.74 Å². The molecule has 1 saturated heterocycles. The molecule has 1 amide bonds. The zero-order chi connectivity index (χ0) is 19.9. The number of hydrogen-bond acceptors (Lipinski definition) is 7. The minimum Gasteiger partial charge on any atom is -0.379 e. The summed E-state index contributed by atoms with van der Waals surface area (Å²) in [5, 5.41) is 4.80. The fourth-order valence-electron chi connectivity index (χ4n) is 3.32. The van der Waals surface area contributed by atoms with Crippen LogP contribution in [0, 0.1) is 0 Å². The van der Waals surface area contributed by atoms with Gasteiger partial charge in [-0.2, -0.15) is 0 Å². The van der Waals surface area contributed by atoms with E-state index in [2.05, 4.69) is 14.9 Å². The molecule has 4 heterocycles. The topological polar surface area (TPSA) is 58.6 Å². The maximum atomic E-state index is 13.2. The molecule has 1 aliphatic rings. The van der Waals surface area contributed by atoms with Gasteiger partial charge in [-0.25, -0.2) is 4.98 Å². The van der Waals surface area contributed by atoms with Gasteiger partial charge in [-0.05, 0) is 35.6 Å². The highest BCUT2D eigenvalue weighted by atomic mass is 32.1. The van der Waals surface area contributed by atoms with Gasteiger partial charge in [0.2, 0.25) is 0 Å². The number of hydrogen-bond donors (Lipinski definition) is 0. The third kappa shape index (κ3) is 5.48. The van der Waals surface area contributed by atoms with E-state index in [1.165, 1.54) is 11.3 Å². The molecule has 0 bridgehead atoms. The molecule has 0 spiro atoms. The van der Waals surface area contributed by atoms with Gasteiger partial charge < -0.3 is 9.64 Å². The highest BCUT2D eigenvalue weighted by molar-refractivity contribution is 7.20. The molecule has 0 N–H and O–H groups in total. The predicted molar refractivity (Wildman–Crippen MR) is 116 cm³/mol. The Morgan fingerprint density at radius 1 is 1.17 bits per heavy atom. The highest BCUT2D eigenvalue weighted by Crippen LogP contribution is 2.28. The van der Waals surface area contributed by atoms with Crippen molar-refractivity contribution in [3.8, 4) is 9.88 Å². The largest absolute Gasteiger partial charge is 0.379 e. The third-order valence-corrected chi connectivity index (χ3v) is 6.75. The molecule has 0 unspecified atom stereocenters. The van der Waals surface area contributed by atoms with Crippen molar-refractivity contribution < 1.29 is 9.53 Å². The summed E-state index contributed by atoms with van der Waals surface area (Å²) in [6.45, 7) is 5.76. The molecule has 0 atom stereocenters. The van der Waals surface area contributed by atoms with Crippen molar-refractivity contribution in [3.63, 3.8) is 0 Å². The molecular formula is C21H24N4O2S2. The van der Waals surface area contributed by atoms with Crippen LogP contribution in [0.5, 0.6) is 0 Å². The first kappa shape index (κ1) is 20.2. The first-order valence-corrected chi connectivity index (χ1v) is 11.5. The molecule has 0 aromatic carbocycles. The Bertz CT molecular complexity index is 893. The van der Waals surface area contributed by atoms with Crippen LogP contribution in [-0.4, -0.2) is 65.1 Å². The number of carbonyl (C=O) groups is 1. The van der Waals surface area contributed by atoms with Crippen molar-refractivity contribution in [1.82, 2.24) is 19.8 Å². The summed E-state index contributed by atoms with van der Waals surface area (Å²) in [5.41, 5.74) is 1.60. The van der Waals surface area contributed by atoms with Gasteiger partial charge in [-0.3, -0.25) is 14.7 Å². The number of amides is 1. The van der Waals surface area contributed by atoms with Gasteiger partial charge in [0.05, 0.1) is 18.1 Å². The van der Waals surface area contributed by atoms with Crippen LogP contribution >= 0.6 is 22.7 Å². The Morgan fingerprint density at radius 2 is 2.00 bits per heavy atom. The highest BCUT2D eigenvalue weighted by Gasteiger charge is 2.20. The van der Waals surface area contributed by atoms with Gasteiger partial charge in [-0.15, -0.1) is 22.7 Å². The first-order chi connectivity index (χ1) is 14.3. The molecule has 152 valence electrons. The van der Waals surface area contributed by atoms with Crippen LogP contribution in [0.25, 0.3) is 9.88 Å². The van der Waals surface area contributed by atoms with E-state index in [-0.39, 0.29) is 5.91 Å². The summed E-state index contributed by atoms with van der Waals surface area (Å²) >= 11 is 3.17. The van der Waals surface area contributed by atoms with Crippen LogP contribution in [0.3, 0.4) is 0 Å². The van der Waals surface area contributed by atoms with E-state index in [0.29, 0.717) is 18.8 Å². The quantitative estimate of drug-likeness (QED) is 0.548. The number of morpholine rings is 1. The van der Waals surface area contributed by atoms with Crippen molar-refractivity contribution in [2.24, 2.45) is 0 Å². The number of nitrogens with zero attached hydrogens (tertiary/aromatic N) is 4. The van der Waals surface area contributed by atoms with Crippen molar-refractivity contribution in [2.75, 3.05) is 39.4 Å². The van der Waals surface area contributed by atoms with Crippen LogP contribution < -0.4 is 0 Å². The molecule has 3 aromatic rings. The van der Waals surface area contributed by atoms with Gasteiger partial charge in [0, 0.05) is 50.5 Å². The van der Waals surface area contributed by atoms with Crippen molar-refractivity contribution in [1.29, 1.82) is 0 Å². The van der Waals surface area contributed by atoms with Crippen molar-refractivity contribution in [2.45, 2.75) is 13.0 Å². The van der Waals surface area contributed by atoms with Crippen LogP contribution in [0.15, 0.2) is 47.4 Å². The van der Waals surface area contributed by atoms with Gasteiger partial charge in [-0.1, -0.05) is 6.07 Å². The number of carbonyl (C=O) groups excluding carboxylic acids is 1. The summed E-state index contributed by atoms with van der Waals surface area (Å²) < 4.78 is 5.42. The SMILES string of the molecule is O=C(c1csc(-c2cccs2)n1)N(CCCN1CCOCC1)Cc1ccncc1. The Balaban J connectivity index is 1.44. The third-order valence-electron chi connectivity index (χ3n) is 4.87. The lowest BCUT2D eigenvalue weighted by molar-refractivity contribution is 0.0355. The lowest BCUT2D eigenvalue weighted by atomic mass is 10.2. The van der Waals surface area contributed by atoms with E-state index in [0.717, 1.165) is 54.7 Å². The first-order valence-electron chi connectivity index (χ1n) is 9.77. The number of rotatable bonds is 8. The van der Waals surface area contributed by atoms with Gasteiger partial charge >= 0.3 is 0 Å². The van der Waals surface area contributed by atoms with Crippen LogP contribution in [0.1, 0.15) is 22.5 Å². The fraction of sp³-hybridized carbons (Fsp3) is 0.381. The molecule has 1 aliphatic heterocycles. The molecular weight excluding hydrogens is 404 g/mol. The average molecular weight is 429 g/mol. The Kier molecular flexibility index (Phi) is 7.00. The zero-order valence-electron chi connectivity index (χ0n) is 16.2. The fourth-order valence-corrected chi connectivity index (χ4v) is 4.93. The normalized spacial score (nSPS) is 14.8. The Labute approximate surface area is 178 Å². The van der Waals surface area contributed by atoms with E-state index in [9.17, 15) is 4.79 Å². The molecule has 8 heteroatoms. The van der Waals surface area contributed by atoms with E-state index in [1.807, 2.05) is 39.9 Å². The van der Waals surface area contributed by atoms with E-state index >= 15 is 0 Å². The standard InChI is InChI=1S/C21H24N4O2S2/c26-21(18-16-29-20(23-18)19-3-1-14-28-19)25(15-17-4-6-22-7-5-17)9-2-8-24-10-12-27-13-11-24/h1,3-7,14,16H,2,8-13,15H2. The van der Waals surface area contributed by atoms with Crippen molar-refractivity contribution in [3.05, 3.63) is 58.7 Å². The van der Waals surface area contributed by atoms with E-state index in [1.54, 1.807) is 23.7 Å². The smallest absolute Gasteiger partial charge is 0.273 e. The number of ether oxygens (including phenoxy) is 1. The molecule has 6 nitrogen and oxygen atoms in total. The second kappa shape index (κ2) is 10.1. The molecule has 4 rings (SSSR count). The predicted octanol–water partition coefficient (Wildman–Crippen LogP) is 3.63. The van der Waals surface area contributed by atoms with Crippen LogP contribution in [-0.2, 0) is 11.3 Å². The zero-order valence-corrected chi connectivity index (χ0v) is 17.8. The molecule has 0 radical (unpaired) electrons. The molecule has 3 aromatic heterocycles. The minimum atomic E-state index is -0.0113. The van der Waals surface area contributed by atoms with Gasteiger partial charge in [0.25, 0.3) is 5.91 Å². The number of aromatic nitrogens is 2. The Morgan fingerprint density at radius 3 is 2.76 bits per heavy atom. The maximum absolute atomic E-state index is 13.2. The average Bonchev–Trinajstić information content (AvgIpc) is 3.46. The summed E-state index contributed by atoms with van der Waals surface area (Å²) in [7, 11) is 0. The van der Waals surface area contributed by atoms with Gasteiger partial charge in [0.15, 0.2) is 0 Å². The van der Waals surface area contributed by atoms with Crippen molar-refractivity contribution >= 4 is 28.6 Å².